The van der Waals surface area contributed by atoms with Crippen molar-refractivity contribution in [3.05, 3.63) is 29.0 Å². The van der Waals surface area contributed by atoms with Gasteiger partial charge in [0.15, 0.2) is 0 Å². The maximum atomic E-state index is 5.69. The fourth-order valence-electron chi connectivity index (χ4n) is 1.21. The molecule has 2 nitrogen and oxygen atoms in total. The van der Waals surface area contributed by atoms with Crippen molar-refractivity contribution in [2.24, 2.45) is 0 Å². The lowest BCUT2D eigenvalue weighted by Crippen LogP contribution is -2.22. The number of hydrogen-bond acceptors (Lipinski definition) is 2. The van der Waals surface area contributed by atoms with Crippen molar-refractivity contribution in [2.75, 3.05) is 13.1 Å². The first-order valence-corrected chi connectivity index (χ1v) is 4.96. The van der Waals surface area contributed by atoms with Crippen LogP contribution in [0.2, 0.25) is 5.15 Å². The SMILES string of the molecule is CCN(CC)Cc1ccc(Cl)nc1. The molecular formula is C10H15ClN2. The molecular weight excluding hydrogens is 184 g/mol. The van der Waals surface area contributed by atoms with Gasteiger partial charge in [0.05, 0.1) is 0 Å². The normalized spacial score (nSPS) is 10.8. The van der Waals surface area contributed by atoms with Crippen LogP contribution >= 0.6 is 11.6 Å². The summed E-state index contributed by atoms with van der Waals surface area (Å²) < 4.78 is 0. The first-order valence-electron chi connectivity index (χ1n) is 4.59. The van der Waals surface area contributed by atoms with E-state index < -0.39 is 0 Å². The molecule has 0 aliphatic heterocycles. The zero-order valence-corrected chi connectivity index (χ0v) is 8.88. The van der Waals surface area contributed by atoms with E-state index in [2.05, 4.69) is 23.7 Å². The van der Waals surface area contributed by atoms with Gasteiger partial charge in [-0.05, 0) is 24.7 Å². The second-order valence-electron chi connectivity index (χ2n) is 2.95. The van der Waals surface area contributed by atoms with Gasteiger partial charge in [0.2, 0.25) is 0 Å². The molecule has 0 aliphatic carbocycles. The van der Waals surface area contributed by atoms with E-state index in [1.807, 2.05) is 18.3 Å². The van der Waals surface area contributed by atoms with E-state index in [-0.39, 0.29) is 0 Å². The van der Waals surface area contributed by atoms with Crippen LogP contribution in [0.25, 0.3) is 0 Å². The van der Waals surface area contributed by atoms with Crippen LogP contribution in [0, 0.1) is 0 Å². The topological polar surface area (TPSA) is 16.1 Å². The lowest BCUT2D eigenvalue weighted by Gasteiger charge is -2.17. The summed E-state index contributed by atoms with van der Waals surface area (Å²) in [6, 6.07) is 3.86. The van der Waals surface area contributed by atoms with Gasteiger partial charge in [-0.25, -0.2) is 4.98 Å². The van der Waals surface area contributed by atoms with E-state index >= 15 is 0 Å². The van der Waals surface area contributed by atoms with E-state index in [0.29, 0.717) is 5.15 Å². The molecule has 0 fully saturated rings. The summed E-state index contributed by atoms with van der Waals surface area (Å²) in [6.07, 6.45) is 1.83. The lowest BCUT2D eigenvalue weighted by atomic mass is 10.2. The number of aromatic nitrogens is 1. The highest BCUT2D eigenvalue weighted by molar-refractivity contribution is 6.29. The van der Waals surface area contributed by atoms with Gasteiger partial charge in [-0.2, -0.15) is 0 Å². The number of rotatable bonds is 4. The molecule has 0 radical (unpaired) electrons. The summed E-state index contributed by atoms with van der Waals surface area (Å²) in [5.74, 6) is 0. The van der Waals surface area contributed by atoms with Crippen molar-refractivity contribution >= 4 is 11.6 Å². The van der Waals surface area contributed by atoms with Crippen LogP contribution in [0.1, 0.15) is 19.4 Å². The predicted octanol–water partition coefficient (Wildman–Crippen LogP) is 2.58. The highest BCUT2D eigenvalue weighted by Gasteiger charge is 2.00. The van der Waals surface area contributed by atoms with Crippen LogP contribution in [0.3, 0.4) is 0 Å². The molecule has 0 N–H and O–H groups in total. The third-order valence-corrected chi connectivity index (χ3v) is 2.31. The number of halogens is 1. The third kappa shape index (κ3) is 3.33. The quantitative estimate of drug-likeness (QED) is 0.692. The summed E-state index contributed by atoms with van der Waals surface area (Å²) in [5.41, 5.74) is 1.22. The van der Waals surface area contributed by atoms with Crippen molar-refractivity contribution < 1.29 is 0 Å². The molecule has 13 heavy (non-hydrogen) atoms. The number of pyridine rings is 1. The Morgan fingerprint density at radius 1 is 1.31 bits per heavy atom. The molecule has 0 spiro atoms. The zero-order chi connectivity index (χ0) is 9.68. The minimum Gasteiger partial charge on any atom is -0.300 e. The first kappa shape index (κ1) is 10.5. The largest absolute Gasteiger partial charge is 0.300 e. The van der Waals surface area contributed by atoms with E-state index in [1.165, 1.54) is 5.56 Å². The molecule has 0 saturated heterocycles. The molecule has 1 rings (SSSR count). The lowest BCUT2D eigenvalue weighted by molar-refractivity contribution is 0.295. The molecule has 0 amide bonds. The number of hydrogen-bond donors (Lipinski definition) is 0. The summed E-state index contributed by atoms with van der Waals surface area (Å²) in [7, 11) is 0. The van der Waals surface area contributed by atoms with Crippen molar-refractivity contribution in [1.82, 2.24) is 9.88 Å². The van der Waals surface area contributed by atoms with Crippen LogP contribution in [0.5, 0.6) is 0 Å². The van der Waals surface area contributed by atoms with Crippen molar-refractivity contribution in [1.29, 1.82) is 0 Å². The Kier molecular flexibility index (Phi) is 4.19. The molecule has 0 atom stereocenters. The Morgan fingerprint density at radius 3 is 2.46 bits per heavy atom. The highest BCUT2D eigenvalue weighted by Crippen LogP contribution is 2.07. The van der Waals surface area contributed by atoms with Crippen LogP contribution in [0.4, 0.5) is 0 Å². The minimum absolute atomic E-state index is 0.559. The Morgan fingerprint density at radius 2 is 2.00 bits per heavy atom. The smallest absolute Gasteiger partial charge is 0.129 e. The summed E-state index contributed by atoms with van der Waals surface area (Å²) in [4.78, 5) is 6.38. The van der Waals surface area contributed by atoms with Crippen molar-refractivity contribution in [3.63, 3.8) is 0 Å². The van der Waals surface area contributed by atoms with E-state index in [0.717, 1.165) is 19.6 Å². The zero-order valence-electron chi connectivity index (χ0n) is 8.13. The van der Waals surface area contributed by atoms with Crippen molar-refractivity contribution in [3.8, 4) is 0 Å². The van der Waals surface area contributed by atoms with Gasteiger partial charge in [-0.1, -0.05) is 31.5 Å². The van der Waals surface area contributed by atoms with E-state index in [9.17, 15) is 0 Å². The predicted molar refractivity (Wildman–Crippen MR) is 55.9 cm³/mol. The van der Waals surface area contributed by atoms with E-state index in [4.69, 9.17) is 11.6 Å². The Labute approximate surface area is 84.5 Å². The second-order valence-corrected chi connectivity index (χ2v) is 3.34. The number of nitrogens with zero attached hydrogens (tertiary/aromatic N) is 2. The standard InChI is InChI=1S/C10H15ClN2/c1-3-13(4-2)8-9-5-6-10(11)12-7-9/h5-7H,3-4,8H2,1-2H3. The molecule has 1 aromatic rings. The van der Waals surface area contributed by atoms with Gasteiger partial charge < -0.3 is 0 Å². The molecule has 1 aromatic heterocycles. The van der Waals surface area contributed by atoms with Gasteiger partial charge in [0.25, 0.3) is 0 Å². The molecule has 0 bridgehead atoms. The molecule has 0 saturated carbocycles. The molecule has 1 heterocycles. The first-order chi connectivity index (χ1) is 6.26. The monoisotopic (exact) mass is 198 g/mol. The third-order valence-electron chi connectivity index (χ3n) is 2.09. The average Bonchev–Trinajstić information content (AvgIpc) is 2.17. The van der Waals surface area contributed by atoms with Gasteiger partial charge in [0.1, 0.15) is 5.15 Å². The molecule has 0 aliphatic rings. The maximum absolute atomic E-state index is 5.69. The Balaban J connectivity index is 2.58. The summed E-state index contributed by atoms with van der Waals surface area (Å²) in [6.45, 7) is 7.41. The van der Waals surface area contributed by atoms with Gasteiger partial charge >= 0.3 is 0 Å². The average molecular weight is 199 g/mol. The van der Waals surface area contributed by atoms with E-state index in [1.54, 1.807) is 0 Å². The molecule has 72 valence electrons. The fourth-order valence-corrected chi connectivity index (χ4v) is 1.32. The fraction of sp³-hybridized carbons (Fsp3) is 0.500. The highest BCUT2D eigenvalue weighted by atomic mass is 35.5. The van der Waals surface area contributed by atoms with Crippen molar-refractivity contribution in [2.45, 2.75) is 20.4 Å². The summed E-state index contributed by atoms with van der Waals surface area (Å²) >= 11 is 5.69. The second kappa shape index (κ2) is 5.20. The van der Waals surface area contributed by atoms with Crippen LogP contribution in [-0.2, 0) is 6.54 Å². The molecule has 0 unspecified atom stereocenters. The van der Waals surface area contributed by atoms with Gasteiger partial charge in [-0.3, -0.25) is 4.90 Å². The molecule has 3 heteroatoms. The van der Waals surface area contributed by atoms with Crippen LogP contribution < -0.4 is 0 Å². The summed E-state index contributed by atoms with van der Waals surface area (Å²) in [5, 5.41) is 0.559. The van der Waals surface area contributed by atoms with Gasteiger partial charge in [-0.15, -0.1) is 0 Å². The Hall–Kier alpha value is -0.600. The minimum atomic E-state index is 0.559. The molecule has 0 aromatic carbocycles. The van der Waals surface area contributed by atoms with Crippen LogP contribution in [0.15, 0.2) is 18.3 Å². The Bertz CT molecular complexity index is 242. The van der Waals surface area contributed by atoms with Crippen LogP contribution in [-0.4, -0.2) is 23.0 Å². The van der Waals surface area contributed by atoms with Gasteiger partial charge in [0, 0.05) is 12.7 Å². The maximum Gasteiger partial charge on any atom is 0.129 e.